The van der Waals surface area contributed by atoms with Crippen LogP contribution in [0.1, 0.15) is 17.2 Å². The number of benzene rings is 3. The molecule has 5 nitrogen and oxygen atoms in total. The van der Waals surface area contributed by atoms with Gasteiger partial charge in [0.1, 0.15) is 12.4 Å². The minimum absolute atomic E-state index is 0.0319. The Morgan fingerprint density at radius 2 is 1.63 bits per heavy atom. The molecule has 1 unspecified atom stereocenters. The molecule has 0 aliphatic carbocycles. The van der Waals surface area contributed by atoms with Gasteiger partial charge in [-0.05, 0) is 41.4 Å². The number of aliphatic carboxylic acids is 1. The third kappa shape index (κ3) is 6.17. The van der Waals surface area contributed by atoms with Gasteiger partial charge in [-0.25, -0.2) is 0 Å². The van der Waals surface area contributed by atoms with Gasteiger partial charge in [0.25, 0.3) is 0 Å². The first-order valence-electron chi connectivity index (χ1n) is 9.97. The zero-order chi connectivity index (χ0) is 21.3. The normalized spacial score (nSPS) is 12.0. The van der Waals surface area contributed by atoms with Crippen LogP contribution >= 0.6 is 0 Å². The number of likely N-dealkylation sites (N-methyl/N-ethyl adjacent to an activating group) is 1. The Morgan fingerprint density at radius 3 is 2.30 bits per heavy atom. The monoisotopic (exact) mass is 405 g/mol. The van der Waals surface area contributed by atoms with Crippen LogP contribution in [0, 0.1) is 0 Å². The molecule has 3 aromatic carbocycles. The van der Waals surface area contributed by atoms with Crippen LogP contribution in [0.4, 0.5) is 0 Å². The van der Waals surface area contributed by atoms with E-state index in [1.165, 1.54) is 0 Å². The van der Waals surface area contributed by atoms with E-state index in [1.807, 2.05) is 72.8 Å². The first kappa shape index (κ1) is 21.6. The standard InChI is InChI=1S/C25H27NO4/c1-26(18-25(28)29)14-15-30-24-13-12-21(19-8-4-2-5-9-19)16-22(24)17-23(27)20-10-6-3-7-11-20/h2-13,16,23,27H,14-15,17-18H2,1H3,(H,28,29). The number of nitrogens with zero attached hydrogens (tertiary/aromatic N) is 1. The van der Waals surface area contributed by atoms with E-state index in [9.17, 15) is 9.90 Å². The molecule has 30 heavy (non-hydrogen) atoms. The van der Waals surface area contributed by atoms with Crippen molar-refractivity contribution in [1.29, 1.82) is 0 Å². The molecule has 0 amide bonds. The Bertz CT molecular complexity index is 944. The number of carboxylic acids is 1. The maximum absolute atomic E-state index is 10.8. The summed E-state index contributed by atoms with van der Waals surface area (Å²) in [6, 6.07) is 25.6. The summed E-state index contributed by atoms with van der Waals surface area (Å²) in [6.45, 7) is 0.826. The van der Waals surface area contributed by atoms with Gasteiger partial charge in [0.05, 0.1) is 12.6 Å². The van der Waals surface area contributed by atoms with Crippen LogP contribution in [0.2, 0.25) is 0 Å². The number of hydrogen-bond acceptors (Lipinski definition) is 4. The zero-order valence-electron chi connectivity index (χ0n) is 17.1. The van der Waals surface area contributed by atoms with Gasteiger partial charge in [-0.15, -0.1) is 0 Å². The first-order valence-corrected chi connectivity index (χ1v) is 9.97. The third-order valence-electron chi connectivity index (χ3n) is 4.90. The Kier molecular flexibility index (Phi) is 7.60. The van der Waals surface area contributed by atoms with Crippen LogP contribution in [-0.2, 0) is 11.2 Å². The second-order valence-electron chi connectivity index (χ2n) is 7.30. The van der Waals surface area contributed by atoms with Crippen molar-refractivity contribution in [2.45, 2.75) is 12.5 Å². The highest BCUT2D eigenvalue weighted by Crippen LogP contribution is 2.30. The fourth-order valence-corrected chi connectivity index (χ4v) is 3.31. The predicted octanol–water partition coefficient (Wildman–Crippen LogP) is 4.02. The second kappa shape index (κ2) is 10.6. The summed E-state index contributed by atoms with van der Waals surface area (Å²) in [7, 11) is 1.75. The van der Waals surface area contributed by atoms with Crippen LogP contribution in [-0.4, -0.2) is 47.8 Å². The highest BCUT2D eigenvalue weighted by Gasteiger charge is 2.14. The highest BCUT2D eigenvalue weighted by molar-refractivity contribution is 5.69. The minimum Gasteiger partial charge on any atom is -0.492 e. The maximum Gasteiger partial charge on any atom is 0.317 e. The van der Waals surface area contributed by atoms with Crippen molar-refractivity contribution in [3.63, 3.8) is 0 Å². The Balaban J connectivity index is 1.79. The summed E-state index contributed by atoms with van der Waals surface area (Å²) < 4.78 is 5.97. The summed E-state index contributed by atoms with van der Waals surface area (Å²) in [6.07, 6.45) is -0.223. The summed E-state index contributed by atoms with van der Waals surface area (Å²) >= 11 is 0. The number of carbonyl (C=O) groups is 1. The van der Waals surface area contributed by atoms with Crippen LogP contribution in [0.25, 0.3) is 11.1 Å². The Hall–Kier alpha value is -3.15. The smallest absolute Gasteiger partial charge is 0.317 e. The van der Waals surface area contributed by atoms with Gasteiger partial charge < -0.3 is 14.9 Å². The molecule has 0 aliphatic rings. The van der Waals surface area contributed by atoms with Crippen LogP contribution < -0.4 is 4.74 Å². The van der Waals surface area contributed by atoms with Crippen LogP contribution in [0.3, 0.4) is 0 Å². The van der Waals surface area contributed by atoms with Gasteiger partial charge in [0.2, 0.25) is 0 Å². The van der Waals surface area contributed by atoms with Gasteiger partial charge in [0, 0.05) is 13.0 Å². The molecule has 0 saturated heterocycles. The van der Waals surface area contributed by atoms with E-state index < -0.39 is 12.1 Å². The average Bonchev–Trinajstić information content (AvgIpc) is 2.75. The molecule has 1 atom stereocenters. The molecule has 2 N–H and O–H groups in total. The third-order valence-corrected chi connectivity index (χ3v) is 4.90. The molecule has 0 saturated carbocycles. The Morgan fingerprint density at radius 1 is 0.967 bits per heavy atom. The first-order chi connectivity index (χ1) is 14.5. The molecule has 0 heterocycles. The topological polar surface area (TPSA) is 70.0 Å². The van der Waals surface area contributed by atoms with E-state index in [1.54, 1.807) is 11.9 Å². The minimum atomic E-state index is -0.864. The molecule has 0 bridgehead atoms. The molecule has 0 radical (unpaired) electrons. The molecule has 3 aromatic rings. The fourth-order valence-electron chi connectivity index (χ4n) is 3.31. The summed E-state index contributed by atoms with van der Waals surface area (Å²) in [5.41, 5.74) is 3.92. The van der Waals surface area contributed by atoms with Crippen LogP contribution in [0.5, 0.6) is 5.75 Å². The molecular weight excluding hydrogens is 378 g/mol. The van der Waals surface area contributed by atoms with Crippen molar-refractivity contribution in [3.8, 4) is 16.9 Å². The van der Waals surface area contributed by atoms with Crippen molar-refractivity contribution in [2.75, 3.05) is 26.7 Å². The van der Waals surface area contributed by atoms with Gasteiger partial charge in [-0.2, -0.15) is 0 Å². The largest absolute Gasteiger partial charge is 0.492 e. The number of hydrogen-bond donors (Lipinski definition) is 2. The lowest BCUT2D eigenvalue weighted by Gasteiger charge is -2.18. The summed E-state index contributed by atoms with van der Waals surface area (Å²) in [4.78, 5) is 12.5. The van der Waals surface area contributed by atoms with E-state index in [0.717, 1.165) is 22.3 Å². The van der Waals surface area contributed by atoms with Gasteiger partial charge >= 0.3 is 5.97 Å². The van der Waals surface area contributed by atoms with Crippen molar-refractivity contribution < 1.29 is 19.7 Å². The lowest BCUT2D eigenvalue weighted by atomic mass is 9.97. The second-order valence-corrected chi connectivity index (χ2v) is 7.30. The number of ether oxygens (including phenoxy) is 1. The van der Waals surface area contributed by atoms with E-state index in [2.05, 4.69) is 6.07 Å². The molecule has 0 fully saturated rings. The molecular formula is C25H27NO4. The van der Waals surface area contributed by atoms with Crippen molar-refractivity contribution in [1.82, 2.24) is 4.90 Å². The molecule has 156 valence electrons. The fraction of sp³-hybridized carbons (Fsp3) is 0.240. The van der Waals surface area contributed by atoms with Gasteiger partial charge in [0.15, 0.2) is 0 Å². The highest BCUT2D eigenvalue weighted by atomic mass is 16.5. The summed E-state index contributed by atoms with van der Waals surface area (Å²) in [5.74, 6) is -0.162. The van der Waals surface area contributed by atoms with Crippen LogP contribution in [0.15, 0.2) is 78.9 Å². The molecule has 0 aromatic heterocycles. The maximum atomic E-state index is 10.8. The lowest BCUT2D eigenvalue weighted by Crippen LogP contribution is -2.29. The van der Waals surface area contributed by atoms with Crippen molar-refractivity contribution in [2.24, 2.45) is 0 Å². The molecule has 0 aliphatic heterocycles. The number of aliphatic hydroxyl groups is 1. The molecule has 3 rings (SSSR count). The summed E-state index contributed by atoms with van der Waals surface area (Å²) in [5, 5.41) is 19.6. The number of rotatable bonds is 10. The molecule has 5 heteroatoms. The van der Waals surface area contributed by atoms with E-state index in [4.69, 9.17) is 9.84 Å². The van der Waals surface area contributed by atoms with Crippen molar-refractivity contribution in [3.05, 3.63) is 90.0 Å². The average molecular weight is 405 g/mol. The van der Waals surface area contributed by atoms with Gasteiger partial charge in [-0.3, -0.25) is 9.69 Å². The predicted molar refractivity (Wildman–Crippen MR) is 118 cm³/mol. The zero-order valence-corrected chi connectivity index (χ0v) is 17.1. The number of carboxylic acid groups (broad SMARTS) is 1. The number of aliphatic hydroxyl groups excluding tert-OH is 1. The van der Waals surface area contributed by atoms with E-state index >= 15 is 0 Å². The van der Waals surface area contributed by atoms with E-state index in [-0.39, 0.29) is 6.54 Å². The SMILES string of the molecule is CN(CCOc1ccc(-c2ccccc2)cc1CC(O)c1ccccc1)CC(=O)O. The molecule has 0 spiro atoms. The van der Waals surface area contributed by atoms with E-state index in [0.29, 0.717) is 25.3 Å². The van der Waals surface area contributed by atoms with Gasteiger partial charge in [-0.1, -0.05) is 66.7 Å². The Labute approximate surface area is 177 Å². The quantitative estimate of drug-likeness (QED) is 0.533. The van der Waals surface area contributed by atoms with Crippen molar-refractivity contribution >= 4 is 5.97 Å². The lowest BCUT2D eigenvalue weighted by molar-refractivity contribution is -0.138.